The van der Waals surface area contributed by atoms with E-state index >= 15 is 0 Å². The van der Waals surface area contributed by atoms with Gasteiger partial charge in [0.25, 0.3) is 11.3 Å². The fourth-order valence-electron chi connectivity index (χ4n) is 2.64. The molecule has 0 bridgehead atoms. The molecule has 3 aromatic rings. The number of carboxylic acids is 1. The Balaban J connectivity index is 2.22. The molecule has 3 rings (SSSR count). The molecule has 7 nitrogen and oxygen atoms in total. The number of carbonyl (C=O) groups is 2. The SMILES string of the molecule is CCSCC(=O)c1c(O)n(Cc2cnc(Cl)s2)c2c(C(=O)[O-])ccc[n+]12. The zero-order valence-electron chi connectivity index (χ0n) is 13.6. The number of carbonyl (C=O) groups excluding carboxylic acids is 2. The number of fused-ring (bicyclic) bond motifs is 1. The van der Waals surface area contributed by atoms with Crippen molar-refractivity contribution in [1.29, 1.82) is 0 Å². The lowest BCUT2D eigenvalue weighted by Gasteiger charge is -2.03. The summed E-state index contributed by atoms with van der Waals surface area (Å²) >= 11 is 8.47. The predicted molar refractivity (Wildman–Crippen MR) is 97.1 cm³/mol. The molecule has 1 N–H and O–H groups in total. The highest BCUT2D eigenvalue weighted by Crippen LogP contribution is 2.26. The fourth-order valence-corrected chi connectivity index (χ4v) is 4.13. The lowest BCUT2D eigenvalue weighted by Crippen LogP contribution is -2.33. The summed E-state index contributed by atoms with van der Waals surface area (Å²) in [5, 5.41) is 22.3. The number of nitrogens with zero attached hydrogens (tertiary/aromatic N) is 3. The van der Waals surface area contributed by atoms with E-state index in [0.717, 1.165) is 5.75 Å². The molecule has 0 radical (unpaired) electrons. The molecule has 0 saturated carbocycles. The third-order valence-corrected chi connectivity index (χ3v) is 5.67. The molecular formula is C16H14ClN3O4S2. The summed E-state index contributed by atoms with van der Waals surface area (Å²) < 4.78 is 3.08. The van der Waals surface area contributed by atoms with Crippen LogP contribution in [0.1, 0.15) is 32.6 Å². The van der Waals surface area contributed by atoms with Gasteiger partial charge in [-0.15, -0.1) is 11.3 Å². The lowest BCUT2D eigenvalue weighted by molar-refractivity contribution is -0.513. The number of hydrogen-bond acceptors (Lipinski definition) is 7. The van der Waals surface area contributed by atoms with Crippen LogP contribution in [0.3, 0.4) is 0 Å². The van der Waals surface area contributed by atoms with Crippen molar-refractivity contribution in [2.75, 3.05) is 11.5 Å². The van der Waals surface area contributed by atoms with Crippen LogP contribution in [0.15, 0.2) is 24.5 Å². The second-order valence-corrected chi connectivity index (χ2v) is 8.27. The Labute approximate surface area is 161 Å². The molecular weight excluding hydrogens is 398 g/mol. The molecule has 0 aliphatic rings. The molecule has 3 heterocycles. The Bertz CT molecular complexity index is 999. The third-order valence-electron chi connectivity index (χ3n) is 3.69. The van der Waals surface area contributed by atoms with E-state index in [4.69, 9.17) is 11.6 Å². The molecule has 0 aliphatic heterocycles. The summed E-state index contributed by atoms with van der Waals surface area (Å²) in [4.78, 5) is 28.8. The van der Waals surface area contributed by atoms with Crippen LogP contribution in [-0.2, 0) is 6.54 Å². The number of aromatic hydroxyl groups is 1. The van der Waals surface area contributed by atoms with Gasteiger partial charge in [-0.3, -0.25) is 4.79 Å². The number of carboxylic acid groups (broad SMARTS) is 1. The first-order valence-corrected chi connectivity index (χ1v) is 9.97. The first-order chi connectivity index (χ1) is 12.4. The van der Waals surface area contributed by atoms with Gasteiger partial charge in [-0.25, -0.2) is 4.98 Å². The number of rotatable bonds is 7. The van der Waals surface area contributed by atoms with Gasteiger partial charge in [-0.05, 0) is 17.9 Å². The van der Waals surface area contributed by atoms with Gasteiger partial charge in [0.05, 0.1) is 28.4 Å². The van der Waals surface area contributed by atoms with E-state index in [1.807, 2.05) is 6.92 Å². The Morgan fingerprint density at radius 2 is 2.27 bits per heavy atom. The van der Waals surface area contributed by atoms with Crippen LogP contribution in [0.2, 0.25) is 4.47 Å². The van der Waals surface area contributed by atoms with E-state index < -0.39 is 5.97 Å². The Morgan fingerprint density at radius 1 is 1.50 bits per heavy atom. The van der Waals surface area contributed by atoms with Crippen molar-refractivity contribution in [3.63, 3.8) is 0 Å². The number of halogens is 1. The molecule has 0 spiro atoms. The highest BCUT2D eigenvalue weighted by Gasteiger charge is 2.32. The highest BCUT2D eigenvalue weighted by molar-refractivity contribution is 7.99. The van der Waals surface area contributed by atoms with Crippen LogP contribution in [0.25, 0.3) is 5.65 Å². The maximum absolute atomic E-state index is 12.6. The Hall–Kier alpha value is -2.10. The van der Waals surface area contributed by atoms with Crippen LogP contribution >= 0.6 is 34.7 Å². The second-order valence-electron chi connectivity index (χ2n) is 5.30. The minimum atomic E-state index is -1.40. The van der Waals surface area contributed by atoms with Gasteiger partial charge in [-0.2, -0.15) is 20.7 Å². The van der Waals surface area contributed by atoms with Crippen LogP contribution in [-0.4, -0.2) is 37.9 Å². The van der Waals surface area contributed by atoms with Gasteiger partial charge < -0.3 is 15.0 Å². The molecule has 0 aromatic carbocycles. The van der Waals surface area contributed by atoms with E-state index in [2.05, 4.69) is 4.98 Å². The Kier molecular flexibility index (Phi) is 5.49. The standard InChI is InChI=1S/C16H14ClN3O4S2/c1-2-25-8-11(21)12-14(22)20(7-9-6-18-16(17)26-9)13-10(15(23)24)4-3-5-19(12)13/h3-6H,2,7-8H2,1H3,(H-,21,22,23,24). The van der Waals surface area contributed by atoms with Gasteiger partial charge in [0, 0.05) is 6.20 Å². The predicted octanol–water partition coefficient (Wildman–Crippen LogP) is 1.39. The van der Waals surface area contributed by atoms with Gasteiger partial charge in [0.1, 0.15) is 6.54 Å². The van der Waals surface area contributed by atoms with Crippen molar-refractivity contribution < 1.29 is 24.2 Å². The average Bonchev–Trinajstić information content (AvgIpc) is 3.14. The number of thiazole rings is 1. The number of ketones is 1. The van der Waals surface area contributed by atoms with Crippen LogP contribution in [0.5, 0.6) is 5.88 Å². The Morgan fingerprint density at radius 3 is 2.88 bits per heavy atom. The summed E-state index contributed by atoms with van der Waals surface area (Å²) in [6.07, 6.45) is 3.08. The van der Waals surface area contributed by atoms with Gasteiger partial charge in [0.2, 0.25) is 5.78 Å². The zero-order valence-corrected chi connectivity index (χ0v) is 16.0. The van der Waals surface area contributed by atoms with Crippen molar-refractivity contribution >= 4 is 52.1 Å². The quantitative estimate of drug-likeness (QED) is 0.466. The number of Topliss-reactive ketones (excluding diaryl/α,β-unsaturated/α-hetero) is 1. The molecule has 3 aromatic heterocycles. The average molecular weight is 412 g/mol. The largest absolute Gasteiger partial charge is 0.544 e. The molecule has 0 unspecified atom stereocenters. The summed E-state index contributed by atoms with van der Waals surface area (Å²) in [7, 11) is 0. The molecule has 136 valence electrons. The molecule has 0 amide bonds. The van der Waals surface area contributed by atoms with E-state index in [9.17, 15) is 19.8 Å². The molecule has 0 fully saturated rings. The minimum absolute atomic E-state index is 0.0414. The molecule has 0 aliphatic carbocycles. The molecule has 0 saturated heterocycles. The van der Waals surface area contributed by atoms with Crippen LogP contribution in [0.4, 0.5) is 0 Å². The maximum atomic E-state index is 12.6. The fraction of sp³-hybridized carbons (Fsp3) is 0.250. The third kappa shape index (κ3) is 3.42. The summed E-state index contributed by atoms with van der Waals surface area (Å²) in [6.45, 7) is 2.05. The summed E-state index contributed by atoms with van der Waals surface area (Å²) in [5.41, 5.74) is 0.0830. The van der Waals surface area contributed by atoms with E-state index in [-0.39, 0.29) is 40.9 Å². The van der Waals surface area contributed by atoms with Gasteiger partial charge >= 0.3 is 5.88 Å². The van der Waals surface area contributed by atoms with E-state index in [1.54, 1.807) is 12.4 Å². The van der Waals surface area contributed by atoms with Crippen molar-refractivity contribution in [3.05, 3.63) is 45.1 Å². The smallest absolute Gasteiger partial charge is 0.335 e. The first-order valence-electron chi connectivity index (χ1n) is 7.62. The normalized spacial score (nSPS) is 11.2. The first kappa shape index (κ1) is 18.7. The van der Waals surface area contributed by atoms with Crippen molar-refractivity contribution in [3.8, 4) is 5.88 Å². The minimum Gasteiger partial charge on any atom is -0.544 e. The molecule has 0 atom stereocenters. The summed E-state index contributed by atoms with van der Waals surface area (Å²) in [6, 6.07) is 2.87. The number of hydrogen-bond donors (Lipinski definition) is 1. The number of pyridine rings is 1. The highest BCUT2D eigenvalue weighted by atomic mass is 35.5. The van der Waals surface area contributed by atoms with Gasteiger partial charge in [0.15, 0.2) is 4.47 Å². The number of thioether (sulfide) groups is 1. The number of aromatic nitrogens is 3. The number of aromatic carboxylic acids is 1. The van der Waals surface area contributed by atoms with E-state index in [0.29, 0.717) is 9.34 Å². The van der Waals surface area contributed by atoms with E-state index in [1.165, 1.54) is 44.2 Å². The lowest BCUT2D eigenvalue weighted by atomic mass is 10.2. The van der Waals surface area contributed by atoms with Crippen LogP contribution in [0, 0.1) is 0 Å². The monoisotopic (exact) mass is 411 g/mol. The second kappa shape index (κ2) is 7.65. The topological polar surface area (TPSA) is 99.3 Å². The van der Waals surface area contributed by atoms with Crippen LogP contribution < -0.4 is 9.51 Å². The summed E-state index contributed by atoms with van der Waals surface area (Å²) in [5.74, 6) is -1.06. The zero-order chi connectivity index (χ0) is 18.8. The maximum Gasteiger partial charge on any atom is 0.335 e. The van der Waals surface area contributed by atoms with Crippen molar-refractivity contribution in [2.24, 2.45) is 0 Å². The molecule has 10 heteroatoms. The van der Waals surface area contributed by atoms with Crippen molar-refractivity contribution in [2.45, 2.75) is 13.5 Å². The van der Waals surface area contributed by atoms with Gasteiger partial charge in [-0.1, -0.05) is 18.5 Å². The molecule has 26 heavy (non-hydrogen) atoms. The van der Waals surface area contributed by atoms with Crippen molar-refractivity contribution in [1.82, 2.24) is 9.55 Å². The number of imidazole rings is 1.